The Morgan fingerprint density at radius 2 is 1.67 bits per heavy atom. The third-order valence-electron chi connectivity index (χ3n) is 5.63. The van der Waals surface area contributed by atoms with Gasteiger partial charge in [-0.25, -0.2) is 8.42 Å². The highest BCUT2D eigenvalue weighted by Gasteiger charge is 2.31. The van der Waals surface area contributed by atoms with Gasteiger partial charge < -0.3 is 4.90 Å². The van der Waals surface area contributed by atoms with Gasteiger partial charge in [-0.3, -0.25) is 9.69 Å². The Labute approximate surface area is 167 Å². The van der Waals surface area contributed by atoms with E-state index in [1.807, 2.05) is 7.05 Å². The van der Waals surface area contributed by atoms with Crippen LogP contribution in [0.2, 0.25) is 5.02 Å². The largest absolute Gasteiger partial charge is 0.339 e. The minimum absolute atomic E-state index is 0.0895. The first-order chi connectivity index (χ1) is 12.9. The summed E-state index contributed by atoms with van der Waals surface area (Å²) in [5.41, 5.74) is 0. The van der Waals surface area contributed by atoms with Crippen molar-refractivity contribution < 1.29 is 13.2 Å². The smallest absolute Gasteiger partial charge is 0.243 e. The molecule has 1 saturated heterocycles. The van der Waals surface area contributed by atoms with E-state index in [4.69, 9.17) is 11.6 Å². The molecule has 8 heteroatoms. The number of sulfonamides is 1. The van der Waals surface area contributed by atoms with Crippen molar-refractivity contribution in [1.29, 1.82) is 0 Å². The summed E-state index contributed by atoms with van der Waals surface area (Å²) in [5.74, 6) is 0.0895. The third kappa shape index (κ3) is 5.02. The first kappa shape index (κ1) is 20.6. The number of rotatable bonds is 5. The van der Waals surface area contributed by atoms with Crippen LogP contribution in [0.1, 0.15) is 32.1 Å². The van der Waals surface area contributed by atoms with E-state index in [1.54, 1.807) is 17.0 Å². The molecule has 150 valence electrons. The van der Waals surface area contributed by atoms with Crippen molar-refractivity contribution in [3.63, 3.8) is 0 Å². The SMILES string of the molecule is CN(CC(=O)N1CCN(S(=O)(=O)c2ccc(Cl)cc2)CC1)C1CCCCC1. The summed E-state index contributed by atoms with van der Waals surface area (Å²) in [5, 5.41) is 0.506. The molecule has 1 aromatic rings. The van der Waals surface area contributed by atoms with Gasteiger partial charge in [-0.2, -0.15) is 4.31 Å². The van der Waals surface area contributed by atoms with Gasteiger partial charge in [0.25, 0.3) is 0 Å². The van der Waals surface area contributed by atoms with Crippen molar-refractivity contribution in [2.75, 3.05) is 39.8 Å². The molecule has 0 radical (unpaired) electrons. The van der Waals surface area contributed by atoms with Crippen molar-refractivity contribution in [1.82, 2.24) is 14.1 Å². The van der Waals surface area contributed by atoms with Crippen LogP contribution in [0.3, 0.4) is 0 Å². The molecular formula is C19H28ClN3O3S. The predicted octanol–water partition coefficient (Wildman–Crippen LogP) is 2.44. The van der Waals surface area contributed by atoms with Crippen LogP contribution in [0.4, 0.5) is 0 Å². The maximum absolute atomic E-state index is 12.7. The van der Waals surface area contributed by atoms with Crippen LogP contribution in [0, 0.1) is 0 Å². The Morgan fingerprint density at radius 3 is 2.26 bits per heavy atom. The highest BCUT2D eigenvalue weighted by Crippen LogP contribution is 2.22. The van der Waals surface area contributed by atoms with Crippen molar-refractivity contribution in [2.45, 2.75) is 43.0 Å². The number of piperazine rings is 1. The molecular weight excluding hydrogens is 386 g/mol. The molecule has 0 unspecified atom stereocenters. The van der Waals surface area contributed by atoms with Crippen molar-refractivity contribution in [3.05, 3.63) is 29.3 Å². The average molecular weight is 414 g/mol. The molecule has 1 aromatic carbocycles. The topological polar surface area (TPSA) is 60.9 Å². The van der Waals surface area contributed by atoms with E-state index >= 15 is 0 Å². The zero-order chi connectivity index (χ0) is 19.4. The summed E-state index contributed by atoms with van der Waals surface area (Å²) in [4.78, 5) is 16.8. The van der Waals surface area contributed by atoms with Crippen molar-refractivity contribution in [2.24, 2.45) is 0 Å². The fourth-order valence-electron chi connectivity index (χ4n) is 3.90. The van der Waals surface area contributed by atoms with Crippen molar-refractivity contribution >= 4 is 27.5 Å². The second-order valence-corrected chi connectivity index (χ2v) is 9.82. The summed E-state index contributed by atoms with van der Waals surface area (Å²) in [6.45, 7) is 1.93. The number of nitrogens with zero attached hydrogens (tertiary/aromatic N) is 3. The summed E-state index contributed by atoms with van der Waals surface area (Å²) in [7, 11) is -1.52. The lowest BCUT2D eigenvalue weighted by Crippen LogP contribution is -2.53. The molecule has 1 heterocycles. The van der Waals surface area contributed by atoms with E-state index < -0.39 is 10.0 Å². The lowest BCUT2D eigenvalue weighted by Gasteiger charge is -2.36. The van der Waals surface area contributed by atoms with Crippen LogP contribution in [0.25, 0.3) is 0 Å². The molecule has 2 fully saturated rings. The Bertz CT molecular complexity index is 740. The maximum Gasteiger partial charge on any atom is 0.243 e. The number of amides is 1. The number of carbonyl (C=O) groups excluding carboxylic acids is 1. The molecule has 1 aliphatic carbocycles. The maximum atomic E-state index is 12.7. The minimum Gasteiger partial charge on any atom is -0.339 e. The van der Waals surface area contributed by atoms with E-state index in [0.29, 0.717) is 43.8 Å². The zero-order valence-electron chi connectivity index (χ0n) is 15.8. The number of halogens is 1. The van der Waals surface area contributed by atoms with E-state index in [-0.39, 0.29) is 10.8 Å². The molecule has 3 rings (SSSR count). The molecule has 0 atom stereocenters. The van der Waals surface area contributed by atoms with Crippen LogP contribution in [-0.2, 0) is 14.8 Å². The Balaban J connectivity index is 1.53. The van der Waals surface area contributed by atoms with Gasteiger partial charge in [0.2, 0.25) is 15.9 Å². The monoisotopic (exact) mass is 413 g/mol. The standard InChI is InChI=1S/C19H28ClN3O3S/c1-21(17-5-3-2-4-6-17)15-19(24)22-11-13-23(14-12-22)27(25,26)18-9-7-16(20)8-10-18/h7-10,17H,2-6,11-15H2,1H3. The van der Waals surface area contributed by atoms with Crippen LogP contribution in [0.15, 0.2) is 29.2 Å². The van der Waals surface area contributed by atoms with Crippen LogP contribution < -0.4 is 0 Å². The molecule has 0 spiro atoms. The second-order valence-electron chi connectivity index (χ2n) is 7.45. The normalized spacial score (nSPS) is 20.2. The second kappa shape index (κ2) is 8.90. The highest BCUT2D eigenvalue weighted by molar-refractivity contribution is 7.89. The Kier molecular flexibility index (Phi) is 6.78. The van der Waals surface area contributed by atoms with Gasteiger partial charge in [0.05, 0.1) is 11.4 Å². The Hall–Kier alpha value is -1.15. The van der Waals surface area contributed by atoms with Crippen LogP contribution >= 0.6 is 11.6 Å². The predicted molar refractivity (Wildman–Crippen MR) is 106 cm³/mol. The van der Waals surface area contributed by atoms with Crippen LogP contribution in [-0.4, -0.2) is 74.2 Å². The molecule has 6 nitrogen and oxygen atoms in total. The van der Waals surface area contributed by atoms with Gasteiger partial charge in [-0.15, -0.1) is 0 Å². The summed E-state index contributed by atoms with van der Waals surface area (Å²) in [6, 6.07) is 6.70. The van der Waals surface area contributed by atoms with Gasteiger partial charge in [0.1, 0.15) is 0 Å². The highest BCUT2D eigenvalue weighted by atomic mass is 35.5. The molecule has 0 N–H and O–H groups in total. The molecule has 1 aliphatic heterocycles. The molecule has 1 amide bonds. The van der Waals surface area contributed by atoms with Gasteiger partial charge in [-0.1, -0.05) is 30.9 Å². The van der Waals surface area contributed by atoms with Gasteiger partial charge in [0.15, 0.2) is 0 Å². The van der Waals surface area contributed by atoms with Gasteiger partial charge >= 0.3 is 0 Å². The number of hydrogen-bond acceptors (Lipinski definition) is 4. The van der Waals surface area contributed by atoms with Crippen LogP contribution in [0.5, 0.6) is 0 Å². The number of carbonyl (C=O) groups is 1. The molecule has 27 heavy (non-hydrogen) atoms. The molecule has 0 bridgehead atoms. The fraction of sp³-hybridized carbons (Fsp3) is 0.632. The number of hydrogen-bond donors (Lipinski definition) is 0. The lowest BCUT2D eigenvalue weighted by atomic mass is 9.94. The first-order valence-electron chi connectivity index (χ1n) is 9.61. The number of benzene rings is 1. The Morgan fingerprint density at radius 1 is 1.07 bits per heavy atom. The summed E-state index contributed by atoms with van der Waals surface area (Å²) < 4.78 is 26.9. The molecule has 1 saturated carbocycles. The zero-order valence-corrected chi connectivity index (χ0v) is 17.4. The van der Waals surface area contributed by atoms with Gasteiger partial charge in [-0.05, 0) is 44.2 Å². The van der Waals surface area contributed by atoms with Crippen molar-refractivity contribution in [3.8, 4) is 0 Å². The minimum atomic E-state index is -3.54. The average Bonchev–Trinajstić information content (AvgIpc) is 2.69. The first-order valence-corrected chi connectivity index (χ1v) is 11.4. The lowest BCUT2D eigenvalue weighted by molar-refractivity contribution is -0.133. The van der Waals surface area contributed by atoms with Gasteiger partial charge in [0, 0.05) is 37.2 Å². The molecule has 2 aliphatic rings. The molecule has 0 aromatic heterocycles. The van der Waals surface area contributed by atoms with E-state index in [1.165, 1.54) is 35.7 Å². The fourth-order valence-corrected chi connectivity index (χ4v) is 5.45. The quantitative estimate of drug-likeness (QED) is 0.743. The van der Waals surface area contributed by atoms with E-state index in [9.17, 15) is 13.2 Å². The van der Waals surface area contributed by atoms with E-state index in [2.05, 4.69) is 4.90 Å². The summed E-state index contributed by atoms with van der Waals surface area (Å²) in [6.07, 6.45) is 6.10. The third-order valence-corrected chi connectivity index (χ3v) is 7.79. The van der Waals surface area contributed by atoms with E-state index in [0.717, 1.165) is 12.8 Å². The number of likely N-dealkylation sites (N-methyl/N-ethyl adjacent to an activating group) is 1. The summed E-state index contributed by atoms with van der Waals surface area (Å²) >= 11 is 5.84.